The molecule has 1 heterocycles. The molecular formula is C18H24N2O. The summed E-state index contributed by atoms with van der Waals surface area (Å²) < 4.78 is 1.99. The molecule has 2 aromatic rings. The molecule has 0 spiro atoms. The first-order chi connectivity index (χ1) is 10.1. The van der Waals surface area contributed by atoms with E-state index in [0.717, 1.165) is 42.8 Å². The Labute approximate surface area is 127 Å². The molecule has 0 fully saturated rings. The lowest BCUT2D eigenvalue weighted by Crippen LogP contribution is -2.05. The number of benzene rings is 1. The number of hydrogen-bond donors (Lipinski definition) is 0. The largest absolute Gasteiger partial charge is 0.294 e. The van der Waals surface area contributed by atoms with Crippen molar-refractivity contribution < 1.29 is 4.79 Å². The number of unbranched alkanes of at least 4 members (excludes halogenated alkanes) is 1. The first-order valence-electron chi connectivity index (χ1n) is 7.74. The maximum atomic E-state index is 11.9. The van der Waals surface area contributed by atoms with Crippen LogP contribution in [0.25, 0.3) is 0 Å². The Hall–Kier alpha value is -1.90. The first-order valence-corrected chi connectivity index (χ1v) is 7.74. The van der Waals surface area contributed by atoms with Gasteiger partial charge < -0.3 is 0 Å². The molecule has 0 bridgehead atoms. The Balaban J connectivity index is 1.91. The van der Waals surface area contributed by atoms with Crippen LogP contribution in [0, 0.1) is 13.8 Å². The van der Waals surface area contributed by atoms with Gasteiger partial charge in [-0.15, -0.1) is 0 Å². The third kappa shape index (κ3) is 3.81. The molecule has 0 aliphatic rings. The van der Waals surface area contributed by atoms with Gasteiger partial charge in [-0.3, -0.25) is 9.48 Å². The van der Waals surface area contributed by atoms with E-state index in [1.165, 1.54) is 5.56 Å². The lowest BCUT2D eigenvalue weighted by atomic mass is 10.1. The molecule has 1 aromatic carbocycles. The highest BCUT2D eigenvalue weighted by molar-refractivity contribution is 5.97. The molecule has 0 aliphatic carbocycles. The maximum Gasteiger partial charge on any atom is 0.166 e. The van der Waals surface area contributed by atoms with Gasteiger partial charge in [-0.25, -0.2) is 0 Å². The fraction of sp³-hybridized carbons (Fsp3) is 0.444. The van der Waals surface area contributed by atoms with E-state index < -0.39 is 0 Å². The second kappa shape index (κ2) is 7.21. The molecule has 21 heavy (non-hydrogen) atoms. The van der Waals surface area contributed by atoms with Crippen molar-refractivity contribution in [1.29, 1.82) is 0 Å². The molecule has 0 amide bonds. The molecule has 0 saturated carbocycles. The van der Waals surface area contributed by atoms with Gasteiger partial charge in [-0.05, 0) is 38.7 Å². The summed E-state index contributed by atoms with van der Waals surface area (Å²) in [6.07, 6.45) is 3.86. The number of hydrogen-bond acceptors (Lipinski definition) is 2. The summed E-state index contributed by atoms with van der Waals surface area (Å²) >= 11 is 0. The number of aryl methyl sites for hydroxylation is 3. The van der Waals surface area contributed by atoms with E-state index in [9.17, 15) is 4.79 Å². The van der Waals surface area contributed by atoms with Crippen molar-refractivity contribution in [2.24, 2.45) is 0 Å². The Kier molecular flexibility index (Phi) is 5.32. The summed E-state index contributed by atoms with van der Waals surface area (Å²) in [5.74, 6) is 0.195. The van der Waals surface area contributed by atoms with Gasteiger partial charge in [0.2, 0.25) is 0 Å². The molecule has 3 heteroatoms. The Bertz CT molecular complexity index is 599. The number of Topliss-reactive ketones (excluding diaryl/α,β-unsaturated/α-hetero) is 1. The summed E-state index contributed by atoms with van der Waals surface area (Å²) in [6.45, 7) is 6.71. The van der Waals surface area contributed by atoms with Crippen molar-refractivity contribution in [3.05, 3.63) is 52.8 Å². The van der Waals surface area contributed by atoms with Gasteiger partial charge in [0.25, 0.3) is 0 Å². The molecule has 0 atom stereocenters. The zero-order chi connectivity index (χ0) is 15.2. The fourth-order valence-electron chi connectivity index (χ4n) is 2.73. The third-order valence-corrected chi connectivity index (χ3v) is 3.91. The van der Waals surface area contributed by atoms with Crippen LogP contribution in [0.15, 0.2) is 30.3 Å². The van der Waals surface area contributed by atoms with Crippen LogP contribution < -0.4 is 0 Å². The van der Waals surface area contributed by atoms with Crippen LogP contribution in [-0.2, 0) is 13.0 Å². The van der Waals surface area contributed by atoms with Gasteiger partial charge in [0.05, 0.1) is 11.3 Å². The first kappa shape index (κ1) is 15.5. The second-order valence-electron chi connectivity index (χ2n) is 5.49. The summed E-state index contributed by atoms with van der Waals surface area (Å²) in [5.41, 5.74) is 4.08. The van der Waals surface area contributed by atoms with Crippen LogP contribution in [0.3, 0.4) is 0 Å². The van der Waals surface area contributed by atoms with Crippen molar-refractivity contribution in [2.45, 2.75) is 53.0 Å². The Morgan fingerprint density at radius 3 is 2.52 bits per heavy atom. The van der Waals surface area contributed by atoms with Crippen LogP contribution in [-0.4, -0.2) is 15.6 Å². The van der Waals surface area contributed by atoms with Crippen LogP contribution >= 0.6 is 0 Å². The van der Waals surface area contributed by atoms with Gasteiger partial charge in [-0.2, -0.15) is 5.10 Å². The van der Waals surface area contributed by atoms with Crippen molar-refractivity contribution >= 4 is 5.78 Å². The molecule has 2 rings (SSSR count). The number of nitrogens with zero attached hydrogens (tertiary/aromatic N) is 2. The van der Waals surface area contributed by atoms with E-state index in [4.69, 9.17) is 0 Å². The number of carbonyl (C=O) groups is 1. The molecule has 0 radical (unpaired) electrons. The van der Waals surface area contributed by atoms with Gasteiger partial charge in [0.1, 0.15) is 0 Å². The zero-order valence-corrected chi connectivity index (χ0v) is 13.2. The lowest BCUT2D eigenvalue weighted by molar-refractivity contribution is 0.0987. The summed E-state index contributed by atoms with van der Waals surface area (Å²) in [7, 11) is 0. The summed E-state index contributed by atoms with van der Waals surface area (Å²) in [6, 6.07) is 10.5. The highest BCUT2D eigenvalue weighted by Crippen LogP contribution is 2.16. The van der Waals surface area contributed by atoms with Crippen LogP contribution in [0.4, 0.5) is 0 Å². The van der Waals surface area contributed by atoms with E-state index in [-0.39, 0.29) is 5.78 Å². The molecular weight excluding hydrogens is 260 g/mol. The average Bonchev–Trinajstić information content (AvgIpc) is 2.78. The monoisotopic (exact) mass is 284 g/mol. The zero-order valence-electron chi connectivity index (χ0n) is 13.2. The van der Waals surface area contributed by atoms with Crippen LogP contribution in [0.5, 0.6) is 0 Å². The van der Waals surface area contributed by atoms with Crippen molar-refractivity contribution in [3.63, 3.8) is 0 Å². The smallest absolute Gasteiger partial charge is 0.166 e. The normalized spacial score (nSPS) is 10.8. The topological polar surface area (TPSA) is 34.9 Å². The second-order valence-corrected chi connectivity index (χ2v) is 5.49. The maximum absolute atomic E-state index is 11.9. The van der Waals surface area contributed by atoms with E-state index in [1.807, 2.05) is 31.5 Å². The number of rotatable bonds is 7. The SMILES string of the molecule is CCC(=O)c1c(C)nn(CCCCc2ccccc2)c1C. The van der Waals surface area contributed by atoms with E-state index in [0.29, 0.717) is 6.42 Å². The van der Waals surface area contributed by atoms with E-state index in [1.54, 1.807) is 0 Å². The third-order valence-electron chi connectivity index (χ3n) is 3.91. The van der Waals surface area contributed by atoms with Gasteiger partial charge in [0, 0.05) is 18.7 Å². The molecule has 3 nitrogen and oxygen atoms in total. The highest BCUT2D eigenvalue weighted by atomic mass is 16.1. The predicted octanol–water partition coefficient (Wildman–Crippen LogP) is 4.12. The van der Waals surface area contributed by atoms with Gasteiger partial charge >= 0.3 is 0 Å². The summed E-state index contributed by atoms with van der Waals surface area (Å²) in [4.78, 5) is 11.9. The minimum Gasteiger partial charge on any atom is -0.294 e. The number of ketones is 1. The van der Waals surface area contributed by atoms with Crippen molar-refractivity contribution in [1.82, 2.24) is 9.78 Å². The Morgan fingerprint density at radius 2 is 1.86 bits per heavy atom. The van der Waals surface area contributed by atoms with Crippen molar-refractivity contribution in [2.75, 3.05) is 0 Å². The number of aromatic nitrogens is 2. The molecule has 0 N–H and O–H groups in total. The van der Waals surface area contributed by atoms with Gasteiger partial charge in [-0.1, -0.05) is 37.3 Å². The van der Waals surface area contributed by atoms with Crippen LogP contribution in [0.1, 0.15) is 53.5 Å². The Morgan fingerprint density at radius 1 is 1.14 bits per heavy atom. The minimum atomic E-state index is 0.195. The van der Waals surface area contributed by atoms with Crippen LogP contribution in [0.2, 0.25) is 0 Å². The molecule has 1 aromatic heterocycles. The predicted molar refractivity (Wildman–Crippen MR) is 85.7 cm³/mol. The number of carbonyl (C=O) groups excluding carboxylic acids is 1. The fourth-order valence-corrected chi connectivity index (χ4v) is 2.73. The molecule has 0 aliphatic heterocycles. The lowest BCUT2D eigenvalue weighted by Gasteiger charge is -2.05. The molecule has 0 saturated heterocycles. The van der Waals surface area contributed by atoms with E-state index >= 15 is 0 Å². The minimum absolute atomic E-state index is 0.195. The quantitative estimate of drug-likeness (QED) is 0.566. The highest BCUT2D eigenvalue weighted by Gasteiger charge is 2.16. The average molecular weight is 284 g/mol. The van der Waals surface area contributed by atoms with Gasteiger partial charge in [0.15, 0.2) is 5.78 Å². The standard InChI is InChI=1S/C18H24N2O/c1-4-17(21)18-14(2)19-20(15(18)3)13-9-8-12-16-10-6-5-7-11-16/h5-7,10-11H,4,8-9,12-13H2,1-3H3. The van der Waals surface area contributed by atoms with Crippen molar-refractivity contribution in [3.8, 4) is 0 Å². The molecule has 0 unspecified atom stereocenters. The molecule has 112 valence electrons. The summed E-state index contributed by atoms with van der Waals surface area (Å²) in [5, 5.41) is 4.52. The van der Waals surface area contributed by atoms with E-state index in [2.05, 4.69) is 29.4 Å².